The van der Waals surface area contributed by atoms with Crippen LogP contribution >= 0.6 is 11.8 Å². The maximum atomic E-state index is 12.1. The lowest BCUT2D eigenvalue weighted by Crippen LogP contribution is -2.06. The van der Waals surface area contributed by atoms with E-state index in [-0.39, 0.29) is 5.97 Å². The number of hydrogen-bond donors (Lipinski definition) is 0. The first-order valence-corrected chi connectivity index (χ1v) is 12.2. The SMILES string of the molecule is CCCCCCCCSc1ccc(-c2ccc(C(=O)OCCCCC)cc2)cc1. The molecule has 2 aromatic carbocycles. The summed E-state index contributed by atoms with van der Waals surface area (Å²) in [6.07, 6.45) is 11.2. The Morgan fingerprint density at radius 1 is 0.724 bits per heavy atom. The van der Waals surface area contributed by atoms with Crippen LogP contribution < -0.4 is 0 Å². The molecule has 0 saturated carbocycles. The van der Waals surface area contributed by atoms with Gasteiger partial charge in [-0.1, -0.05) is 83.1 Å². The highest BCUT2D eigenvalue weighted by Crippen LogP contribution is 2.25. The van der Waals surface area contributed by atoms with Crippen molar-refractivity contribution < 1.29 is 9.53 Å². The van der Waals surface area contributed by atoms with Gasteiger partial charge in [0, 0.05) is 4.90 Å². The van der Waals surface area contributed by atoms with Crippen molar-refractivity contribution in [1.29, 1.82) is 0 Å². The maximum Gasteiger partial charge on any atom is 0.338 e. The summed E-state index contributed by atoms with van der Waals surface area (Å²) in [5.74, 6) is 0.967. The minimum absolute atomic E-state index is 0.228. The highest BCUT2D eigenvalue weighted by atomic mass is 32.2. The molecule has 0 unspecified atom stereocenters. The standard InChI is InChI=1S/C26H36O2S/c1-3-5-7-8-9-11-21-29-25-18-16-23(17-19-25)22-12-14-24(15-13-22)26(27)28-20-10-6-4-2/h12-19H,3-11,20-21H2,1-2H3. The molecule has 0 aliphatic rings. The fraction of sp³-hybridized carbons (Fsp3) is 0.500. The highest BCUT2D eigenvalue weighted by molar-refractivity contribution is 7.99. The number of ether oxygens (including phenoxy) is 1. The summed E-state index contributed by atoms with van der Waals surface area (Å²) >= 11 is 1.94. The van der Waals surface area contributed by atoms with Gasteiger partial charge in [-0.2, -0.15) is 0 Å². The van der Waals surface area contributed by atoms with Crippen molar-refractivity contribution in [2.75, 3.05) is 12.4 Å². The number of carbonyl (C=O) groups excluding carboxylic acids is 1. The Bertz CT molecular complexity index is 692. The Morgan fingerprint density at radius 3 is 1.93 bits per heavy atom. The summed E-state index contributed by atoms with van der Waals surface area (Å²) < 4.78 is 5.32. The number of hydrogen-bond acceptors (Lipinski definition) is 3. The van der Waals surface area contributed by atoms with Gasteiger partial charge in [0.15, 0.2) is 0 Å². The number of thioether (sulfide) groups is 1. The van der Waals surface area contributed by atoms with Crippen LogP contribution in [0.15, 0.2) is 53.4 Å². The van der Waals surface area contributed by atoms with Crippen molar-refractivity contribution >= 4 is 17.7 Å². The molecule has 0 heterocycles. The van der Waals surface area contributed by atoms with Crippen LogP contribution in [0, 0.1) is 0 Å². The highest BCUT2D eigenvalue weighted by Gasteiger charge is 2.07. The lowest BCUT2D eigenvalue weighted by atomic mass is 10.0. The Labute approximate surface area is 181 Å². The van der Waals surface area contributed by atoms with E-state index in [1.807, 2.05) is 36.0 Å². The fourth-order valence-electron chi connectivity index (χ4n) is 3.22. The smallest absolute Gasteiger partial charge is 0.338 e. The minimum Gasteiger partial charge on any atom is -0.462 e. The topological polar surface area (TPSA) is 26.3 Å². The molecule has 0 aromatic heterocycles. The van der Waals surface area contributed by atoms with Gasteiger partial charge in [-0.3, -0.25) is 0 Å². The molecule has 0 saturated heterocycles. The van der Waals surface area contributed by atoms with Gasteiger partial charge >= 0.3 is 5.97 Å². The Balaban J connectivity index is 1.76. The normalized spacial score (nSPS) is 10.8. The summed E-state index contributed by atoms with van der Waals surface area (Å²) in [5, 5.41) is 0. The molecule has 0 amide bonds. The quantitative estimate of drug-likeness (QED) is 0.178. The van der Waals surface area contributed by atoms with Crippen LogP contribution in [-0.4, -0.2) is 18.3 Å². The van der Waals surface area contributed by atoms with E-state index < -0.39 is 0 Å². The molecule has 0 spiro atoms. The van der Waals surface area contributed by atoms with E-state index in [4.69, 9.17) is 4.74 Å². The molecule has 2 nitrogen and oxygen atoms in total. The molecule has 158 valence electrons. The molecule has 29 heavy (non-hydrogen) atoms. The predicted octanol–water partition coefficient (Wildman–Crippen LogP) is 8.15. The van der Waals surface area contributed by atoms with Crippen LogP contribution in [0.4, 0.5) is 0 Å². The average Bonchev–Trinajstić information content (AvgIpc) is 2.76. The molecular weight excluding hydrogens is 376 g/mol. The van der Waals surface area contributed by atoms with Crippen LogP contribution in [0.25, 0.3) is 11.1 Å². The van der Waals surface area contributed by atoms with Crippen molar-refractivity contribution in [3.05, 3.63) is 54.1 Å². The molecule has 0 radical (unpaired) electrons. The second-order valence-electron chi connectivity index (χ2n) is 7.56. The Hall–Kier alpha value is -1.74. The molecular formula is C26H36O2S. The first-order valence-electron chi connectivity index (χ1n) is 11.2. The van der Waals surface area contributed by atoms with Gasteiger partial charge in [-0.25, -0.2) is 4.79 Å². The number of esters is 1. The number of benzene rings is 2. The van der Waals surface area contributed by atoms with E-state index in [2.05, 4.69) is 38.1 Å². The predicted molar refractivity (Wildman–Crippen MR) is 126 cm³/mol. The monoisotopic (exact) mass is 412 g/mol. The summed E-state index contributed by atoms with van der Waals surface area (Å²) in [5.41, 5.74) is 2.92. The molecule has 2 aromatic rings. The molecule has 0 bridgehead atoms. The summed E-state index contributed by atoms with van der Waals surface area (Å²) in [4.78, 5) is 13.4. The zero-order valence-electron chi connectivity index (χ0n) is 18.1. The van der Waals surface area contributed by atoms with Crippen molar-refractivity contribution in [2.45, 2.75) is 76.5 Å². The zero-order chi connectivity index (χ0) is 20.7. The lowest BCUT2D eigenvalue weighted by Gasteiger charge is -2.07. The van der Waals surface area contributed by atoms with Gasteiger partial charge in [0.2, 0.25) is 0 Å². The van der Waals surface area contributed by atoms with E-state index in [0.717, 1.165) is 24.8 Å². The number of carbonyl (C=O) groups is 1. The zero-order valence-corrected chi connectivity index (χ0v) is 18.9. The van der Waals surface area contributed by atoms with Crippen molar-refractivity contribution in [2.24, 2.45) is 0 Å². The van der Waals surface area contributed by atoms with Gasteiger partial charge in [-0.05, 0) is 54.0 Å². The summed E-state index contributed by atoms with van der Waals surface area (Å²) in [7, 11) is 0. The molecule has 0 fully saturated rings. The second kappa shape index (κ2) is 14.3. The van der Waals surface area contributed by atoms with Crippen LogP contribution in [0.5, 0.6) is 0 Å². The van der Waals surface area contributed by atoms with E-state index in [1.165, 1.54) is 54.7 Å². The Kier molecular flexibility index (Phi) is 11.6. The van der Waals surface area contributed by atoms with Crippen LogP contribution in [0.1, 0.15) is 82.0 Å². The second-order valence-corrected chi connectivity index (χ2v) is 8.73. The van der Waals surface area contributed by atoms with Gasteiger partial charge in [0.05, 0.1) is 12.2 Å². The van der Waals surface area contributed by atoms with E-state index in [9.17, 15) is 4.79 Å². The third kappa shape index (κ3) is 9.08. The Morgan fingerprint density at radius 2 is 1.28 bits per heavy atom. The number of rotatable bonds is 14. The van der Waals surface area contributed by atoms with Gasteiger partial charge in [-0.15, -0.1) is 11.8 Å². The summed E-state index contributed by atoms with van der Waals surface area (Å²) in [6.45, 7) is 4.91. The maximum absolute atomic E-state index is 12.1. The van der Waals surface area contributed by atoms with Gasteiger partial charge in [0.1, 0.15) is 0 Å². The average molecular weight is 413 g/mol. The van der Waals surface area contributed by atoms with Crippen molar-refractivity contribution in [3.8, 4) is 11.1 Å². The molecule has 0 atom stereocenters. The lowest BCUT2D eigenvalue weighted by molar-refractivity contribution is 0.0498. The molecule has 3 heteroatoms. The van der Waals surface area contributed by atoms with E-state index in [1.54, 1.807) is 0 Å². The number of unbranched alkanes of at least 4 members (excludes halogenated alkanes) is 7. The molecule has 0 aliphatic heterocycles. The third-order valence-corrected chi connectivity index (χ3v) is 6.15. The van der Waals surface area contributed by atoms with E-state index in [0.29, 0.717) is 12.2 Å². The molecule has 0 N–H and O–H groups in total. The minimum atomic E-state index is -0.228. The first kappa shape index (κ1) is 23.5. The van der Waals surface area contributed by atoms with E-state index >= 15 is 0 Å². The van der Waals surface area contributed by atoms with Gasteiger partial charge < -0.3 is 4.74 Å². The first-order chi connectivity index (χ1) is 14.2. The van der Waals surface area contributed by atoms with Crippen LogP contribution in [0.3, 0.4) is 0 Å². The van der Waals surface area contributed by atoms with Gasteiger partial charge in [0.25, 0.3) is 0 Å². The third-order valence-electron chi connectivity index (χ3n) is 5.06. The van der Waals surface area contributed by atoms with Crippen LogP contribution in [-0.2, 0) is 4.74 Å². The van der Waals surface area contributed by atoms with Crippen molar-refractivity contribution in [3.63, 3.8) is 0 Å². The van der Waals surface area contributed by atoms with Crippen molar-refractivity contribution in [1.82, 2.24) is 0 Å². The largest absolute Gasteiger partial charge is 0.462 e. The van der Waals surface area contributed by atoms with Crippen LogP contribution in [0.2, 0.25) is 0 Å². The summed E-state index contributed by atoms with van der Waals surface area (Å²) in [6, 6.07) is 16.5. The molecule has 2 rings (SSSR count). The fourth-order valence-corrected chi connectivity index (χ4v) is 4.13. The molecule has 0 aliphatic carbocycles.